The van der Waals surface area contributed by atoms with Gasteiger partial charge in [0, 0.05) is 39.3 Å². The largest absolute Gasteiger partial charge is 0.377 e. The van der Waals surface area contributed by atoms with Gasteiger partial charge in [0.05, 0.1) is 11.8 Å². The van der Waals surface area contributed by atoms with Crippen molar-refractivity contribution in [1.29, 1.82) is 0 Å². The van der Waals surface area contributed by atoms with Crippen LogP contribution in [0, 0.1) is 0 Å². The first-order valence-electron chi connectivity index (χ1n) is 8.33. The van der Waals surface area contributed by atoms with Crippen LogP contribution in [0.25, 0.3) is 5.69 Å². The van der Waals surface area contributed by atoms with Gasteiger partial charge in [-0.15, -0.1) is 0 Å². The van der Waals surface area contributed by atoms with Crippen LogP contribution in [-0.2, 0) is 4.74 Å². The van der Waals surface area contributed by atoms with E-state index in [0.717, 1.165) is 51.0 Å². The molecule has 0 aliphatic carbocycles. The van der Waals surface area contributed by atoms with Gasteiger partial charge in [0.1, 0.15) is 0 Å². The standard InChI is InChI=1S/C16H22N6O/c1-2-5-14(6-3-1)22-16(17-18-19-22)21-10-8-20(9-11-21)13-15-7-4-12-23-15/h1-3,5-6,15H,4,7-13H2/t15-/m1/s1. The van der Waals surface area contributed by atoms with Crippen molar-refractivity contribution in [3.63, 3.8) is 0 Å². The predicted molar refractivity (Wildman–Crippen MR) is 86.8 cm³/mol. The maximum absolute atomic E-state index is 5.74. The Hall–Kier alpha value is -1.99. The molecule has 2 aliphatic heterocycles. The van der Waals surface area contributed by atoms with Crippen molar-refractivity contribution in [1.82, 2.24) is 25.1 Å². The Kier molecular flexibility index (Phi) is 4.21. The number of aromatic nitrogens is 4. The molecule has 2 fully saturated rings. The molecule has 3 heterocycles. The summed E-state index contributed by atoms with van der Waals surface area (Å²) in [4.78, 5) is 4.75. The lowest BCUT2D eigenvalue weighted by molar-refractivity contribution is 0.0711. The van der Waals surface area contributed by atoms with Crippen molar-refractivity contribution >= 4 is 5.95 Å². The molecule has 7 nitrogen and oxygen atoms in total. The maximum Gasteiger partial charge on any atom is 0.250 e. The zero-order valence-corrected chi connectivity index (χ0v) is 13.2. The molecule has 2 aliphatic rings. The molecule has 0 spiro atoms. The van der Waals surface area contributed by atoms with Gasteiger partial charge < -0.3 is 9.64 Å². The smallest absolute Gasteiger partial charge is 0.250 e. The molecule has 2 aromatic rings. The van der Waals surface area contributed by atoms with Gasteiger partial charge in [0.15, 0.2) is 0 Å². The Labute approximate surface area is 135 Å². The van der Waals surface area contributed by atoms with Crippen LogP contribution in [0.1, 0.15) is 12.8 Å². The summed E-state index contributed by atoms with van der Waals surface area (Å²) in [7, 11) is 0. The highest BCUT2D eigenvalue weighted by Gasteiger charge is 2.25. The monoisotopic (exact) mass is 314 g/mol. The summed E-state index contributed by atoms with van der Waals surface area (Å²) in [6, 6.07) is 10.0. The fourth-order valence-corrected chi connectivity index (χ4v) is 3.32. The van der Waals surface area contributed by atoms with Crippen LogP contribution < -0.4 is 4.90 Å². The number of rotatable bonds is 4. The van der Waals surface area contributed by atoms with Crippen LogP contribution in [0.5, 0.6) is 0 Å². The summed E-state index contributed by atoms with van der Waals surface area (Å²) in [5.74, 6) is 0.827. The Bertz CT molecular complexity index is 617. The van der Waals surface area contributed by atoms with E-state index in [-0.39, 0.29) is 0 Å². The third kappa shape index (κ3) is 3.20. The number of nitrogens with zero attached hydrogens (tertiary/aromatic N) is 6. The van der Waals surface area contributed by atoms with Crippen LogP contribution in [0.4, 0.5) is 5.95 Å². The van der Waals surface area contributed by atoms with E-state index in [0.29, 0.717) is 6.10 Å². The number of tetrazole rings is 1. The van der Waals surface area contributed by atoms with Crippen LogP contribution in [0.2, 0.25) is 0 Å². The van der Waals surface area contributed by atoms with E-state index in [4.69, 9.17) is 4.74 Å². The average Bonchev–Trinajstić information content (AvgIpc) is 3.28. The summed E-state index contributed by atoms with van der Waals surface area (Å²) in [6.07, 6.45) is 2.83. The number of ether oxygens (including phenoxy) is 1. The van der Waals surface area contributed by atoms with E-state index in [1.807, 2.05) is 35.0 Å². The second-order valence-corrected chi connectivity index (χ2v) is 6.15. The van der Waals surface area contributed by atoms with Crippen molar-refractivity contribution in [2.45, 2.75) is 18.9 Å². The first-order valence-corrected chi connectivity index (χ1v) is 8.33. The van der Waals surface area contributed by atoms with E-state index in [1.54, 1.807) is 0 Å². The van der Waals surface area contributed by atoms with Crippen molar-refractivity contribution in [2.75, 3.05) is 44.2 Å². The number of benzene rings is 1. The van der Waals surface area contributed by atoms with Gasteiger partial charge in [-0.2, -0.15) is 4.68 Å². The molecule has 2 saturated heterocycles. The van der Waals surface area contributed by atoms with E-state index >= 15 is 0 Å². The number of hydrogen-bond donors (Lipinski definition) is 0. The van der Waals surface area contributed by atoms with Gasteiger partial charge in [-0.1, -0.05) is 23.3 Å². The highest BCUT2D eigenvalue weighted by Crippen LogP contribution is 2.18. The fraction of sp³-hybridized carbons (Fsp3) is 0.562. The van der Waals surface area contributed by atoms with Gasteiger partial charge in [-0.25, -0.2) is 0 Å². The third-order valence-corrected chi connectivity index (χ3v) is 4.59. The molecule has 0 N–H and O–H groups in total. The molecule has 4 rings (SSSR count). The van der Waals surface area contributed by atoms with Crippen molar-refractivity contribution in [3.05, 3.63) is 30.3 Å². The molecule has 1 aromatic carbocycles. The molecular weight excluding hydrogens is 292 g/mol. The molecule has 0 bridgehead atoms. The molecule has 0 amide bonds. The van der Waals surface area contributed by atoms with Gasteiger partial charge in [0.25, 0.3) is 0 Å². The zero-order valence-electron chi connectivity index (χ0n) is 13.2. The van der Waals surface area contributed by atoms with Gasteiger partial charge >= 0.3 is 0 Å². The Morgan fingerprint density at radius 1 is 1.09 bits per heavy atom. The van der Waals surface area contributed by atoms with Crippen LogP contribution in [-0.4, -0.2) is 70.5 Å². The molecular formula is C16H22N6O. The minimum absolute atomic E-state index is 0.427. The molecule has 1 atom stereocenters. The SMILES string of the molecule is c1ccc(-n2nnnc2N2CCN(C[C@H]3CCCO3)CC2)cc1. The van der Waals surface area contributed by atoms with Crippen molar-refractivity contribution in [3.8, 4) is 5.69 Å². The number of hydrogen-bond acceptors (Lipinski definition) is 6. The molecule has 0 saturated carbocycles. The molecule has 7 heteroatoms. The van der Waals surface area contributed by atoms with Gasteiger partial charge in [-0.05, 0) is 35.4 Å². The lowest BCUT2D eigenvalue weighted by Gasteiger charge is -2.35. The van der Waals surface area contributed by atoms with Crippen molar-refractivity contribution < 1.29 is 4.74 Å². The third-order valence-electron chi connectivity index (χ3n) is 4.59. The normalized spacial score (nSPS) is 22.6. The summed E-state index contributed by atoms with van der Waals surface area (Å²) >= 11 is 0. The fourth-order valence-electron chi connectivity index (χ4n) is 3.32. The Balaban J connectivity index is 1.40. The topological polar surface area (TPSA) is 59.3 Å². The van der Waals surface area contributed by atoms with Gasteiger partial charge in [0.2, 0.25) is 5.95 Å². The average molecular weight is 314 g/mol. The summed E-state index contributed by atoms with van der Waals surface area (Å²) in [5.41, 5.74) is 0.995. The number of para-hydroxylation sites is 1. The van der Waals surface area contributed by atoms with E-state index in [2.05, 4.69) is 25.3 Å². The van der Waals surface area contributed by atoms with E-state index in [1.165, 1.54) is 12.8 Å². The lowest BCUT2D eigenvalue weighted by Crippen LogP contribution is -2.49. The molecule has 0 unspecified atom stereocenters. The quantitative estimate of drug-likeness (QED) is 0.838. The Morgan fingerprint density at radius 3 is 2.65 bits per heavy atom. The molecule has 0 radical (unpaired) electrons. The highest BCUT2D eigenvalue weighted by atomic mass is 16.5. The highest BCUT2D eigenvalue weighted by molar-refractivity contribution is 5.40. The molecule has 122 valence electrons. The van der Waals surface area contributed by atoms with Crippen molar-refractivity contribution in [2.24, 2.45) is 0 Å². The molecule has 23 heavy (non-hydrogen) atoms. The molecule has 1 aromatic heterocycles. The second-order valence-electron chi connectivity index (χ2n) is 6.15. The first kappa shape index (κ1) is 14.6. The Morgan fingerprint density at radius 2 is 1.91 bits per heavy atom. The van der Waals surface area contributed by atoms with E-state index < -0.39 is 0 Å². The minimum Gasteiger partial charge on any atom is -0.377 e. The zero-order chi connectivity index (χ0) is 15.5. The summed E-state index contributed by atoms with van der Waals surface area (Å²) < 4.78 is 7.56. The van der Waals surface area contributed by atoms with Crippen LogP contribution in [0.15, 0.2) is 30.3 Å². The number of anilines is 1. The van der Waals surface area contributed by atoms with E-state index in [9.17, 15) is 0 Å². The second kappa shape index (κ2) is 6.64. The first-order chi connectivity index (χ1) is 11.4. The minimum atomic E-state index is 0.427. The predicted octanol–water partition coefficient (Wildman–Crippen LogP) is 0.963. The van der Waals surface area contributed by atoms with Crippen LogP contribution >= 0.6 is 0 Å². The number of piperazine rings is 1. The summed E-state index contributed by atoms with van der Waals surface area (Å²) in [5, 5.41) is 12.2. The van der Waals surface area contributed by atoms with Crippen LogP contribution in [0.3, 0.4) is 0 Å². The lowest BCUT2D eigenvalue weighted by atomic mass is 10.2. The van der Waals surface area contributed by atoms with Gasteiger partial charge in [-0.3, -0.25) is 4.90 Å². The summed E-state index contributed by atoms with van der Waals surface area (Å²) in [6.45, 7) is 5.93. The maximum atomic E-state index is 5.74.